The summed E-state index contributed by atoms with van der Waals surface area (Å²) in [7, 11) is -4.38. The van der Waals surface area contributed by atoms with Crippen molar-refractivity contribution in [1.82, 2.24) is 10.3 Å². The number of thiazole rings is 1. The SMILES string of the molecule is C=C(C)OC(=O)N[C@@H](Cc1ccc(NS(=O)(=O)O)cc1)c1csc(OC(=O)C(C)(C)C)n1. The van der Waals surface area contributed by atoms with E-state index in [4.69, 9.17) is 14.0 Å². The number of ether oxygens (including phenoxy) is 2. The van der Waals surface area contributed by atoms with Crippen molar-refractivity contribution in [2.75, 3.05) is 4.72 Å². The third kappa shape index (κ3) is 8.29. The Morgan fingerprint density at radius 2 is 1.88 bits per heavy atom. The van der Waals surface area contributed by atoms with Crippen LogP contribution in [0.15, 0.2) is 42.0 Å². The van der Waals surface area contributed by atoms with Gasteiger partial charge in [0.25, 0.3) is 5.19 Å². The second-order valence-corrected chi connectivity index (χ2v) is 9.92. The molecule has 1 aromatic carbocycles. The lowest BCUT2D eigenvalue weighted by atomic mass is 9.98. The average Bonchev–Trinajstić information content (AvgIpc) is 3.08. The van der Waals surface area contributed by atoms with Crippen molar-refractivity contribution in [3.05, 3.63) is 53.2 Å². The van der Waals surface area contributed by atoms with E-state index in [0.29, 0.717) is 5.69 Å². The van der Waals surface area contributed by atoms with E-state index >= 15 is 0 Å². The van der Waals surface area contributed by atoms with Gasteiger partial charge in [0, 0.05) is 5.38 Å². The normalized spacial score (nSPS) is 12.5. The fourth-order valence-corrected chi connectivity index (χ4v) is 3.52. The third-order valence-corrected chi connectivity index (χ3v) is 5.08. The number of nitrogens with one attached hydrogen (secondary N) is 2. The average molecular weight is 484 g/mol. The molecule has 0 fully saturated rings. The van der Waals surface area contributed by atoms with Crippen molar-refractivity contribution in [2.24, 2.45) is 5.41 Å². The molecule has 1 heterocycles. The molecule has 0 unspecified atom stereocenters. The van der Waals surface area contributed by atoms with Crippen molar-refractivity contribution in [1.29, 1.82) is 0 Å². The zero-order valence-electron chi connectivity index (χ0n) is 18.0. The molecule has 174 valence electrons. The van der Waals surface area contributed by atoms with Gasteiger partial charge >= 0.3 is 22.4 Å². The van der Waals surface area contributed by atoms with Crippen LogP contribution in [0.2, 0.25) is 0 Å². The van der Waals surface area contributed by atoms with E-state index < -0.39 is 33.8 Å². The Morgan fingerprint density at radius 1 is 1.25 bits per heavy atom. The molecular weight excluding hydrogens is 458 g/mol. The summed E-state index contributed by atoms with van der Waals surface area (Å²) in [6, 6.07) is 5.53. The van der Waals surface area contributed by atoms with Gasteiger partial charge in [0.05, 0.1) is 28.6 Å². The van der Waals surface area contributed by atoms with Gasteiger partial charge in [-0.05, 0) is 51.8 Å². The number of esters is 1. The van der Waals surface area contributed by atoms with E-state index in [-0.39, 0.29) is 23.1 Å². The van der Waals surface area contributed by atoms with E-state index in [1.54, 1.807) is 38.3 Å². The number of nitrogens with zero attached hydrogens (tertiary/aromatic N) is 1. The molecule has 10 nitrogen and oxygen atoms in total. The number of alkyl carbamates (subject to hydrolysis) is 1. The summed E-state index contributed by atoms with van der Waals surface area (Å²) >= 11 is 1.11. The van der Waals surface area contributed by atoms with Gasteiger partial charge in [-0.2, -0.15) is 8.42 Å². The van der Waals surface area contributed by atoms with Gasteiger partial charge in [0.2, 0.25) is 0 Å². The highest BCUT2D eigenvalue weighted by Crippen LogP contribution is 2.28. The number of aromatic nitrogens is 1. The van der Waals surface area contributed by atoms with Crippen LogP contribution in [0, 0.1) is 5.41 Å². The van der Waals surface area contributed by atoms with Gasteiger partial charge in [0.1, 0.15) is 0 Å². The molecule has 0 radical (unpaired) electrons. The summed E-state index contributed by atoms with van der Waals surface area (Å²) in [5.41, 5.74) is 0.651. The molecule has 0 aliphatic carbocycles. The lowest BCUT2D eigenvalue weighted by Crippen LogP contribution is -2.30. The number of allylic oxidation sites excluding steroid dienone is 1. The number of carbonyl (C=O) groups is 2. The van der Waals surface area contributed by atoms with Crippen LogP contribution in [0.3, 0.4) is 0 Å². The molecule has 2 rings (SSSR count). The van der Waals surface area contributed by atoms with Gasteiger partial charge in [0.15, 0.2) is 0 Å². The van der Waals surface area contributed by atoms with Crippen molar-refractivity contribution < 1.29 is 32.0 Å². The number of benzene rings is 1. The number of hydrogen-bond donors (Lipinski definition) is 3. The van der Waals surface area contributed by atoms with Crippen LogP contribution in [-0.4, -0.2) is 30.0 Å². The highest BCUT2D eigenvalue weighted by Gasteiger charge is 2.26. The Labute approximate surface area is 190 Å². The first-order valence-electron chi connectivity index (χ1n) is 9.38. The van der Waals surface area contributed by atoms with Crippen LogP contribution in [-0.2, 0) is 26.3 Å². The summed E-state index contributed by atoms with van der Waals surface area (Å²) in [6.07, 6.45) is -0.457. The van der Waals surface area contributed by atoms with Crippen molar-refractivity contribution in [3.8, 4) is 5.19 Å². The van der Waals surface area contributed by atoms with E-state index in [2.05, 4.69) is 16.9 Å². The molecule has 2 aromatic rings. The van der Waals surface area contributed by atoms with Gasteiger partial charge < -0.3 is 14.8 Å². The maximum atomic E-state index is 12.1. The summed E-state index contributed by atoms with van der Waals surface area (Å²) in [6.45, 7) is 10.2. The van der Waals surface area contributed by atoms with Crippen molar-refractivity contribution in [3.63, 3.8) is 0 Å². The van der Waals surface area contributed by atoms with Crippen LogP contribution >= 0.6 is 11.3 Å². The maximum absolute atomic E-state index is 12.1. The topological polar surface area (TPSA) is 144 Å². The zero-order chi connectivity index (χ0) is 24.1. The Balaban J connectivity index is 2.22. The van der Waals surface area contributed by atoms with Crippen LogP contribution in [0.4, 0.5) is 10.5 Å². The molecule has 0 saturated carbocycles. The first-order valence-corrected chi connectivity index (χ1v) is 11.7. The van der Waals surface area contributed by atoms with Crippen molar-refractivity contribution >= 4 is 39.4 Å². The number of amides is 1. The standard InChI is InChI=1S/C20H25N3O7S2/c1-12(2)29-18(25)21-15(10-13-6-8-14(9-7-13)23-32(26,27)28)16-11-31-19(22-16)30-17(24)20(3,4)5/h6-9,11,15,23H,1,10H2,2-5H3,(H,21,25)(H,26,27,28)/t15-/m0/s1. The molecule has 1 atom stereocenters. The van der Waals surface area contributed by atoms with Crippen LogP contribution in [0.5, 0.6) is 5.19 Å². The minimum absolute atomic E-state index is 0.146. The zero-order valence-corrected chi connectivity index (χ0v) is 19.7. The Bertz CT molecular complexity index is 1090. The predicted octanol–water partition coefficient (Wildman–Crippen LogP) is 3.85. The molecular formula is C20H25N3O7S2. The highest BCUT2D eigenvalue weighted by molar-refractivity contribution is 7.87. The molecule has 1 aromatic heterocycles. The molecule has 0 spiro atoms. The van der Waals surface area contributed by atoms with Crippen LogP contribution < -0.4 is 14.8 Å². The smallest absolute Gasteiger partial charge is 0.412 e. The summed E-state index contributed by atoms with van der Waals surface area (Å²) < 4.78 is 43.0. The second-order valence-electron chi connectivity index (χ2n) is 7.94. The highest BCUT2D eigenvalue weighted by atomic mass is 32.2. The molecule has 0 bridgehead atoms. The third-order valence-electron chi connectivity index (χ3n) is 3.85. The summed E-state index contributed by atoms with van der Waals surface area (Å²) in [4.78, 5) is 28.6. The first-order chi connectivity index (χ1) is 14.7. The van der Waals surface area contributed by atoms with E-state index in [1.165, 1.54) is 19.1 Å². The predicted molar refractivity (Wildman–Crippen MR) is 120 cm³/mol. The minimum Gasteiger partial charge on any atom is -0.416 e. The lowest BCUT2D eigenvalue weighted by molar-refractivity contribution is -0.143. The number of rotatable bonds is 8. The fraction of sp³-hybridized carbons (Fsp3) is 0.350. The Hall–Kier alpha value is -2.96. The largest absolute Gasteiger partial charge is 0.416 e. The minimum atomic E-state index is -4.38. The lowest BCUT2D eigenvalue weighted by Gasteiger charge is -2.17. The Kier molecular flexibility index (Phi) is 7.99. The monoisotopic (exact) mass is 483 g/mol. The van der Waals surface area contributed by atoms with Gasteiger partial charge in [-0.3, -0.25) is 14.1 Å². The van der Waals surface area contributed by atoms with Gasteiger partial charge in [-0.1, -0.05) is 30.0 Å². The van der Waals surface area contributed by atoms with Crippen LogP contribution in [0.25, 0.3) is 0 Å². The molecule has 1 amide bonds. The first kappa shape index (κ1) is 25.3. The van der Waals surface area contributed by atoms with Gasteiger partial charge in [-0.25, -0.2) is 9.78 Å². The maximum Gasteiger partial charge on any atom is 0.412 e. The number of anilines is 1. The van der Waals surface area contributed by atoms with E-state index in [1.807, 2.05) is 4.72 Å². The molecule has 0 aliphatic rings. The number of hydrogen-bond acceptors (Lipinski definition) is 8. The fourth-order valence-electron chi connectivity index (χ4n) is 2.36. The van der Waals surface area contributed by atoms with Crippen molar-refractivity contribution in [2.45, 2.75) is 40.2 Å². The summed E-state index contributed by atoms with van der Waals surface area (Å²) in [5, 5.41) is 4.50. The number of carbonyl (C=O) groups excluding carboxylic acids is 2. The molecule has 3 N–H and O–H groups in total. The Morgan fingerprint density at radius 3 is 2.41 bits per heavy atom. The molecule has 0 aliphatic heterocycles. The quantitative estimate of drug-likeness (QED) is 0.292. The molecule has 12 heteroatoms. The van der Waals surface area contributed by atoms with Crippen LogP contribution in [0.1, 0.15) is 45.0 Å². The van der Waals surface area contributed by atoms with E-state index in [0.717, 1.165) is 16.9 Å². The second kappa shape index (κ2) is 10.1. The van der Waals surface area contributed by atoms with E-state index in [9.17, 15) is 18.0 Å². The molecule has 0 saturated heterocycles. The molecule has 32 heavy (non-hydrogen) atoms. The summed E-state index contributed by atoms with van der Waals surface area (Å²) in [5.74, 6) is -0.230. The van der Waals surface area contributed by atoms with Gasteiger partial charge in [-0.15, -0.1) is 0 Å².